The van der Waals surface area contributed by atoms with E-state index in [1.807, 2.05) is 54.6 Å². The SMILES string of the molecule is N#Cc1ccc(/C=C/c2ccc(C(=O)O)c3ccccc23)cc1. The number of hydrogen-bond acceptors (Lipinski definition) is 2. The topological polar surface area (TPSA) is 61.1 Å². The first-order valence-electron chi connectivity index (χ1n) is 7.12. The van der Waals surface area contributed by atoms with Crippen LogP contribution in [0, 0.1) is 11.3 Å². The van der Waals surface area contributed by atoms with Crippen LogP contribution in [-0.2, 0) is 0 Å². The first-order chi connectivity index (χ1) is 11.2. The molecule has 0 saturated carbocycles. The van der Waals surface area contributed by atoms with Gasteiger partial charge in [-0.2, -0.15) is 5.26 Å². The van der Waals surface area contributed by atoms with Crippen LogP contribution in [0.25, 0.3) is 22.9 Å². The van der Waals surface area contributed by atoms with Gasteiger partial charge >= 0.3 is 5.97 Å². The van der Waals surface area contributed by atoms with Crippen molar-refractivity contribution in [3.63, 3.8) is 0 Å². The molecule has 1 N–H and O–H groups in total. The van der Waals surface area contributed by atoms with Crippen LogP contribution in [0.1, 0.15) is 27.0 Å². The van der Waals surface area contributed by atoms with Crippen LogP contribution in [0.15, 0.2) is 60.7 Å². The number of aromatic carboxylic acids is 1. The maximum absolute atomic E-state index is 11.3. The van der Waals surface area contributed by atoms with Gasteiger partial charge in [0.1, 0.15) is 0 Å². The third kappa shape index (κ3) is 2.97. The fourth-order valence-electron chi connectivity index (χ4n) is 2.51. The van der Waals surface area contributed by atoms with E-state index in [1.54, 1.807) is 18.2 Å². The monoisotopic (exact) mass is 299 g/mol. The number of carbonyl (C=O) groups is 1. The van der Waals surface area contributed by atoms with Crippen molar-refractivity contribution in [2.45, 2.75) is 0 Å². The quantitative estimate of drug-likeness (QED) is 0.720. The molecule has 0 aliphatic heterocycles. The van der Waals surface area contributed by atoms with Crippen LogP contribution in [0.3, 0.4) is 0 Å². The molecule has 0 heterocycles. The molecular weight excluding hydrogens is 286 g/mol. The van der Waals surface area contributed by atoms with Crippen molar-refractivity contribution in [1.82, 2.24) is 0 Å². The summed E-state index contributed by atoms with van der Waals surface area (Å²) in [6.07, 6.45) is 3.90. The van der Waals surface area contributed by atoms with E-state index in [4.69, 9.17) is 5.26 Å². The first kappa shape index (κ1) is 14.6. The highest BCUT2D eigenvalue weighted by Gasteiger charge is 2.09. The maximum atomic E-state index is 11.3. The lowest BCUT2D eigenvalue weighted by Crippen LogP contribution is -1.97. The van der Waals surface area contributed by atoms with Crippen molar-refractivity contribution in [3.8, 4) is 6.07 Å². The second-order valence-corrected chi connectivity index (χ2v) is 5.12. The Morgan fingerprint density at radius 2 is 1.61 bits per heavy atom. The Labute approximate surface area is 133 Å². The van der Waals surface area contributed by atoms with Crippen LogP contribution in [-0.4, -0.2) is 11.1 Å². The lowest BCUT2D eigenvalue weighted by Gasteiger charge is -2.06. The van der Waals surface area contributed by atoms with Crippen LogP contribution in [0.5, 0.6) is 0 Å². The maximum Gasteiger partial charge on any atom is 0.336 e. The number of carboxylic acids is 1. The highest BCUT2D eigenvalue weighted by atomic mass is 16.4. The molecule has 3 aromatic rings. The molecule has 0 saturated heterocycles. The minimum atomic E-state index is -0.927. The molecule has 0 radical (unpaired) electrons. The summed E-state index contributed by atoms with van der Waals surface area (Å²) in [6.45, 7) is 0. The van der Waals surface area contributed by atoms with Gasteiger partial charge in [-0.1, -0.05) is 54.6 Å². The molecule has 0 aliphatic carbocycles. The third-order valence-corrected chi connectivity index (χ3v) is 3.68. The van der Waals surface area contributed by atoms with Crippen LogP contribution >= 0.6 is 0 Å². The second kappa shape index (κ2) is 6.17. The Balaban J connectivity index is 2.03. The van der Waals surface area contributed by atoms with Crippen LogP contribution < -0.4 is 0 Å². The molecule has 23 heavy (non-hydrogen) atoms. The highest BCUT2D eigenvalue weighted by Crippen LogP contribution is 2.24. The molecule has 0 aromatic heterocycles. The number of benzene rings is 3. The zero-order valence-corrected chi connectivity index (χ0v) is 12.2. The summed E-state index contributed by atoms with van der Waals surface area (Å²) in [5.41, 5.74) is 2.86. The van der Waals surface area contributed by atoms with E-state index < -0.39 is 5.97 Å². The minimum Gasteiger partial charge on any atom is -0.478 e. The number of nitrogens with zero attached hydrogens (tertiary/aromatic N) is 1. The number of hydrogen-bond donors (Lipinski definition) is 1. The van der Waals surface area contributed by atoms with E-state index in [2.05, 4.69) is 6.07 Å². The molecule has 3 nitrogen and oxygen atoms in total. The highest BCUT2D eigenvalue weighted by molar-refractivity contribution is 6.06. The lowest BCUT2D eigenvalue weighted by molar-refractivity contribution is 0.0699. The Kier molecular flexibility index (Phi) is 3.90. The number of nitriles is 1. The van der Waals surface area contributed by atoms with Gasteiger partial charge in [0.15, 0.2) is 0 Å². The molecule has 110 valence electrons. The van der Waals surface area contributed by atoms with E-state index in [0.717, 1.165) is 21.9 Å². The van der Waals surface area contributed by atoms with Gasteiger partial charge in [-0.25, -0.2) is 4.79 Å². The van der Waals surface area contributed by atoms with Crippen molar-refractivity contribution in [1.29, 1.82) is 5.26 Å². The normalized spacial score (nSPS) is 10.7. The van der Waals surface area contributed by atoms with Crippen molar-refractivity contribution in [3.05, 3.63) is 82.9 Å². The second-order valence-electron chi connectivity index (χ2n) is 5.12. The number of carboxylic acid groups (broad SMARTS) is 1. The van der Waals surface area contributed by atoms with Gasteiger partial charge in [-0.3, -0.25) is 0 Å². The average Bonchev–Trinajstić information content (AvgIpc) is 2.59. The summed E-state index contributed by atoms with van der Waals surface area (Å²) in [7, 11) is 0. The molecule has 0 amide bonds. The fourth-order valence-corrected chi connectivity index (χ4v) is 2.51. The van der Waals surface area contributed by atoms with Crippen molar-refractivity contribution >= 4 is 28.9 Å². The van der Waals surface area contributed by atoms with Gasteiger partial charge in [0.2, 0.25) is 0 Å². The van der Waals surface area contributed by atoms with Crippen molar-refractivity contribution in [2.75, 3.05) is 0 Å². The molecule has 0 spiro atoms. The van der Waals surface area contributed by atoms with Gasteiger partial charge in [0.25, 0.3) is 0 Å². The zero-order chi connectivity index (χ0) is 16.2. The van der Waals surface area contributed by atoms with E-state index in [9.17, 15) is 9.90 Å². The van der Waals surface area contributed by atoms with Gasteiger partial charge < -0.3 is 5.11 Å². The number of fused-ring (bicyclic) bond motifs is 1. The molecule has 3 aromatic carbocycles. The van der Waals surface area contributed by atoms with E-state index in [0.29, 0.717) is 11.1 Å². The molecule has 0 aliphatic rings. The lowest BCUT2D eigenvalue weighted by atomic mass is 9.99. The Bertz CT molecular complexity index is 948. The summed E-state index contributed by atoms with van der Waals surface area (Å²) in [5, 5.41) is 19.7. The summed E-state index contributed by atoms with van der Waals surface area (Å²) < 4.78 is 0. The van der Waals surface area contributed by atoms with Crippen molar-refractivity contribution in [2.24, 2.45) is 0 Å². The Hall–Kier alpha value is -3.38. The van der Waals surface area contributed by atoms with Gasteiger partial charge in [0, 0.05) is 0 Å². The molecule has 0 fully saturated rings. The standard InChI is InChI=1S/C20H13NO2/c21-13-15-7-5-14(6-8-15)9-10-16-11-12-19(20(22)23)18-4-2-1-3-17(16)18/h1-12H,(H,22,23)/b10-9+. The smallest absolute Gasteiger partial charge is 0.336 e. The molecule has 3 rings (SSSR count). The molecule has 0 bridgehead atoms. The molecular formula is C20H13NO2. The largest absolute Gasteiger partial charge is 0.478 e. The Morgan fingerprint density at radius 1 is 0.913 bits per heavy atom. The van der Waals surface area contributed by atoms with Crippen molar-refractivity contribution < 1.29 is 9.90 Å². The predicted molar refractivity (Wildman–Crippen MR) is 91.0 cm³/mol. The third-order valence-electron chi connectivity index (χ3n) is 3.68. The summed E-state index contributed by atoms with van der Waals surface area (Å²) in [5.74, 6) is -0.927. The zero-order valence-electron chi connectivity index (χ0n) is 12.2. The molecule has 0 unspecified atom stereocenters. The first-order valence-corrected chi connectivity index (χ1v) is 7.12. The van der Waals surface area contributed by atoms with E-state index in [1.165, 1.54) is 0 Å². The Morgan fingerprint density at radius 3 is 2.26 bits per heavy atom. The summed E-state index contributed by atoms with van der Waals surface area (Å²) in [6, 6.07) is 20.3. The van der Waals surface area contributed by atoms with E-state index >= 15 is 0 Å². The van der Waals surface area contributed by atoms with Gasteiger partial charge in [-0.05, 0) is 40.1 Å². The average molecular weight is 299 g/mol. The predicted octanol–water partition coefficient (Wildman–Crippen LogP) is 4.58. The summed E-state index contributed by atoms with van der Waals surface area (Å²) >= 11 is 0. The van der Waals surface area contributed by atoms with Gasteiger partial charge in [-0.15, -0.1) is 0 Å². The fraction of sp³-hybridized carbons (Fsp3) is 0. The summed E-state index contributed by atoms with van der Waals surface area (Å²) in [4.78, 5) is 11.3. The van der Waals surface area contributed by atoms with E-state index in [-0.39, 0.29) is 0 Å². The minimum absolute atomic E-state index is 0.302. The number of rotatable bonds is 3. The molecule has 0 atom stereocenters. The van der Waals surface area contributed by atoms with Crippen LogP contribution in [0.4, 0.5) is 0 Å². The van der Waals surface area contributed by atoms with Gasteiger partial charge in [0.05, 0.1) is 17.2 Å². The van der Waals surface area contributed by atoms with Crippen LogP contribution in [0.2, 0.25) is 0 Å². The molecule has 3 heteroatoms.